The van der Waals surface area contributed by atoms with Gasteiger partial charge in [-0.3, -0.25) is 9.59 Å². The predicted molar refractivity (Wildman–Crippen MR) is 91.5 cm³/mol. The molecule has 1 saturated heterocycles. The number of likely N-dealkylation sites (tertiary alicyclic amines) is 1. The minimum absolute atomic E-state index is 0.0807. The van der Waals surface area contributed by atoms with Crippen LogP contribution in [-0.4, -0.2) is 35.8 Å². The average Bonchev–Trinajstić information content (AvgIpc) is 3.19. The molecule has 0 atom stereocenters. The fourth-order valence-corrected chi connectivity index (χ4v) is 3.64. The first kappa shape index (κ1) is 16.3. The van der Waals surface area contributed by atoms with Crippen LogP contribution in [-0.2, 0) is 11.2 Å². The molecule has 2 amide bonds. The molecule has 3 rings (SSSR count). The van der Waals surface area contributed by atoms with Crippen molar-refractivity contribution in [2.24, 2.45) is 0 Å². The van der Waals surface area contributed by atoms with E-state index < -0.39 is 0 Å². The molecular formula is C16H17BrN2O3S. The average molecular weight is 397 g/mol. The topological polar surface area (TPSA) is 62.6 Å². The van der Waals surface area contributed by atoms with Gasteiger partial charge in [0.05, 0.1) is 6.42 Å². The van der Waals surface area contributed by atoms with Crippen molar-refractivity contribution >= 4 is 39.1 Å². The summed E-state index contributed by atoms with van der Waals surface area (Å²) < 4.78 is 5.78. The Kier molecular flexibility index (Phi) is 5.17. The zero-order valence-corrected chi connectivity index (χ0v) is 14.9. The molecule has 3 heterocycles. The van der Waals surface area contributed by atoms with E-state index in [0.717, 1.165) is 17.7 Å². The van der Waals surface area contributed by atoms with Crippen LogP contribution in [0.3, 0.4) is 0 Å². The number of nitrogens with one attached hydrogen (secondary N) is 1. The third-order valence-corrected chi connectivity index (χ3v) is 5.19. The first-order chi connectivity index (χ1) is 11.1. The van der Waals surface area contributed by atoms with Gasteiger partial charge in [0.25, 0.3) is 5.91 Å². The highest BCUT2D eigenvalue weighted by Crippen LogP contribution is 2.17. The van der Waals surface area contributed by atoms with E-state index in [2.05, 4.69) is 21.2 Å². The van der Waals surface area contributed by atoms with E-state index in [-0.39, 0.29) is 17.9 Å². The number of piperidine rings is 1. The first-order valence-electron chi connectivity index (χ1n) is 7.48. The van der Waals surface area contributed by atoms with Crippen LogP contribution < -0.4 is 5.32 Å². The van der Waals surface area contributed by atoms with Gasteiger partial charge in [-0.2, -0.15) is 0 Å². The summed E-state index contributed by atoms with van der Waals surface area (Å²) in [6.07, 6.45) is 2.00. The SMILES string of the molecule is O=C(NC1CCN(C(=O)Cc2cccs2)CC1)c1ccc(Br)o1. The quantitative estimate of drug-likeness (QED) is 0.863. The number of rotatable bonds is 4. The van der Waals surface area contributed by atoms with E-state index in [0.29, 0.717) is 29.9 Å². The third-order valence-electron chi connectivity index (χ3n) is 3.89. The molecular weight excluding hydrogens is 380 g/mol. The molecule has 2 aromatic heterocycles. The van der Waals surface area contributed by atoms with Gasteiger partial charge in [0.1, 0.15) is 0 Å². The summed E-state index contributed by atoms with van der Waals surface area (Å²) in [6.45, 7) is 1.36. The molecule has 0 bridgehead atoms. The van der Waals surface area contributed by atoms with Crippen LogP contribution in [0, 0.1) is 0 Å². The van der Waals surface area contributed by atoms with Gasteiger partial charge in [-0.05, 0) is 52.4 Å². The number of thiophene rings is 1. The number of furan rings is 1. The van der Waals surface area contributed by atoms with Crippen LogP contribution in [0.15, 0.2) is 38.7 Å². The Morgan fingerprint density at radius 1 is 1.30 bits per heavy atom. The second-order valence-corrected chi connectivity index (χ2v) is 7.30. The molecule has 7 heteroatoms. The Labute approximate surface area is 146 Å². The van der Waals surface area contributed by atoms with Gasteiger partial charge < -0.3 is 14.6 Å². The zero-order valence-electron chi connectivity index (χ0n) is 12.5. The molecule has 0 unspecified atom stereocenters. The van der Waals surface area contributed by atoms with Crippen LogP contribution in [0.1, 0.15) is 28.3 Å². The van der Waals surface area contributed by atoms with Crippen LogP contribution in [0.5, 0.6) is 0 Å². The van der Waals surface area contributed by atoms with Crippen molar-refractivity contribution in [2.75, 3.05) is 13.1 Å². The van der Waals surface area contributed by atoms with Crippen LogP contribution in [0.2, 0.25) is 0 Å². The van der Waals surface area contributed by atoms with Crippen molar-refractivity contribution in [2.45, 2.75) is 25.3 Å². The molecule has 0 radical (unpaired) electrons. The Bertz CT molecular complexity index is 675. The lowest BCUT2D eigenvalue weighted by Gasteiger charge is -2.32. The van der Waals surface area contributed by atoms with E-state index >= 15 is 0 Å². The van der Waals surface area contributed by atoms with Gasteiger partial charge in [0.2, 0.25) is 5.91 Å². The normalized spacial score (nSPS) is 15.6. The van der Waals surface area contributed by atoms with Gasteiger partial charge in [0, 0.05) is 24.0 Å². The lowest BCUT2D eigenvalue weighted by molar-refractivity contribution is -0.131. The van der Waals surface area contributed by atoms with Crippen molar-refractivity contribution in [3.63, 3.8) is 0 Å². The van der Waals surface area contributed by atoms with Crippen LogP contribution in [0.4, 0.5) is 0 Å². The minimum Gasteiger partial charge on any atom is -0.444 e. The highest BCUT2D eigenvalue weighted by atomic mass is 79.9. The number of carbonyl (C=O) groups is 2. The van der Waals surface area contributed by atoms with E-state index in [4.69, 9.17) is 4.42 Å². The predicted octanol–water partition coefficient (Wildman–Crippen LogP) is 3.07. The van der Waals surface area contributed by atoms with Crippen molar-refractivity contribution in [3.8, 4) is 0 Å². The van der Waals surface area contributed by atoms with Crippen LogP contribution in [0.25, 0.3) is 0 Å². The van der Waals surface area contributed by atoms with Crippen molar-refractivity contribution in [1.29, 1.82) is 0 Å². The van der Waals surface area contributed by atoms with Crippen molar-refractivity contribution in [1.82, 2.24) is 10.2 Å². The summed E-state index contributed by atoms with van der Waals surface area (Å²) in [7, 11) is 0. The van der Waals surface area contributed by atoms with Gasteiger partial charge in [0.15, 0.2) is 10.4 Å². The number of halogens is 1. The van der Waals surface area contributed by atoms with Crippen LogP contribution >= 0.6 is 27.3 Å². The summed E-state index contributed by atoms with van der Waals surface area (Å²) in [5, 5.41) is 4.95. The summed E-state index contributed by atoms with van der Waals surface area (Å²) in [5.74, 6) is 0.249. The summed E-state index contributed by atoms with van der Waals surface area (Å²) in [5.41, 5.74) is 0. The lowest BCUT2D eigenvalue weighted by Crippen LogP contribution is -2.46. The highest BCUT2D eigenvalue weighted by molar-refractivity contribution is 9.10. The monoisotopic (exact) mass is 396 g/mol. The molecule has 1 aliphatic heterocycles. The number of hydrogen-bond donors (Lipinski definition) is 1. The molecule has 5 nitrogen and oxygen atoms in total. The maximum atomic E-state index is 12.2. The standard InChI is InChI=1S/C16H17BrN2O3S/c17-14-4-3-13(22-14)16(21)18-11-5-7-19(8-6-11)15(20)10-12-2-1-9-23-12/h1-4,9,11H,5-8,10H2,(H,18,21). The molecule has 1 N–H and O–H groups in total. The summed E-state index contributed by atoms with van der Waals surface area (Å²) >= 11 is 4.79. The Hall–Kier alpha value is -1.60. The highest BCUT2D eigenvalue weighted by Gasteiger charge is 2.25. The van der Waals surface area contributed by atoms with Crippen molar-refractivity contribution < 1.29 is 14.0 Å². The molecule has 1 fully saturated rings. The van der Waals surface area contributed by atoms with Gasteiger partial charge >= 0.3 is 0 Å². The van der Waals surface area contributed by atoms with E-state index in [1.165, 1.54) is 0 Å². The second kappa shape index (κ2) is 7.31. The van der Waals surface area contributed by atoms with Gasteiger partial charge in [-0.1, -0.05) is 6.07 Å². The minimum atomic E-state index is -0.209. The fraction of sp³-hybridized carbons (Fsp3) is 0.375. The summed E-state index contributed by atoms with van der Waals surface area (Å²) in [6, 6.07) is 7.36. The van der Waals surface area contributed by atoms with E-state index in [1.807, 2.05) is 22.4 Å². The Balaban J connectivity index is 1.46. The molecule has 0 saturated carbocycles. The third kappa shape index (κ3) is 4.23. The number of hydrogen-bond acceptors (Lipinski definition) is 4. The molecule has 2 aromatic rings. The molecule has 122 valence electrons. The van der Waals surface area contributed by atoms with Crippen molar-refractivity contribution in [3.05, 3.63) is 45.0 Å². The van der Waals surface area contributed by atoms with E-state index in [1.54, 1.807) is 23.5 Å². The number of amides is 2. The van der Waals surface area contributed by atoms with Gasteiger partial charge in [-0.25, -0.2) is 0 Å². The largest absolute Gasteiger partial charge is 0.444 e. The summed E-state index contributed by atoms with van der Waals surface area (Å²) in [4.78, 5) is 27.3. The maximum Gasteiger partial charge on any atom is 0.287 e. The molecule has 0 aliphatic carbocycles. The maximum absolute atomic E-state index is 12.2. The molecule has 1 aliphatic rings. The second-order valence-electron chi connectivity index (χ2n) is 5.49. The van der Waals surface area contributed by atoms with Gasteiger partial charge in [-0.15, -0.1) is 11.3 Å². The fourth-order valence-electron chi connectivity index (χ4n) is 2.64. The first-order valence-corrected chi connectivity index (χ1v) is 9.15. The zero-order chi connectivity index (χ0) is 16.2. The molecule has 0 aromatic carbocycles. The smallest absolute Gasteiger partial charge is 0.287 e. The molecule has 23 heavy (non-hydrogen) atoms. The number of carbonyl (C=O) groups excluding carboxylic acids is 2. The lowest BCUT2D eigenvalue weighted by atomic mass is 10.0. The Morgan fingerprint density at radius 2 is 2.09 bits per heavy atom. The Morgan fingerprint density at radius 3 is 2.70 bits per heavy atom. The molecule has 0 spiro atoms. The van der Waals surface area contributed by atoms with E-state index in [9.17, 15) is 9.59 Å². The number of nitrogens with zero attached hydrogens (tertiary/aromatic N) is 1.